The minimum absolute atomic E-state index is 0.205. The average Bonchev–Trinajstić information content (AvgIpc) is 2.12. The van der Waals surface area contributed by atoms with Gasteiger partial charge in [0, 0.05) is 12.3 Å². The Balaban J connectivity index is 3.49. The Bertz CT molecular complexity index is 139. The second kappa shape index (κ2) is 7.07. The molecule has 0 aromatic carbocycles. The zero-order valence-electron chi connectivity index (χ0n) is 9.47. The third-order valence-electron chi connectivity index (χ3n) is 2.44. The van der Waals surface area contributed by atoms with E-state index in [-0.39, 0.29) is 5.92 Å². The molecule has 0 fully saturated rings. The van der Waals surface area contributed by atoms with Crippen molar-refractivity contribution >= 4 is 5.78 Å². The van der Waals surface area contributed by atoms with Crippen molar-refractivity contribution in [1.82, 2.24) is 4.90 Å². The van der Waals surface area contributed by atoms with Gasteiger partial charge in [-0.15, -0.1) is 0 Å². The van der Waals surface area contributed by atoms with Gasteiger partial charge >= 0.3 is 0 Å². The number of Topliss-reactive ketones (excluding diaryl/α,β-unsaturated/α-hetero) is 1. The number of carbonyl (C=O) groups excluding carboxylic acids is 1. The summed E-state index contributed by atoms with van der Waals surface area (Å²) in [5, 5.41) is 0. The smallest absolute Gasteiger partial charge is 0.135 e. The average molecular weight is 185 g/mol. The lowest BCUT2D eigenvalue weighted by molar-refractivity contribution is -0.122. The molecule has 2 heteroatoms. The van der Waals surface area contributed by atoms with E-state index in [1.165, 1.54) is 0 Å². The molecule has 0 saturated heterocycles. The van der Waals surface area contributed by atoms with E-state index in [9.17, 15) is 4.79 Å². The van der Waals surface area contributed by atoms with Gasteiger partial charge in [0.15, 0.2) is 0 Å². The zero-order valence-corrected chi connectivity index (χ0v) is 9.47. The first-order chi connectivity index (χ1) is 6.11. The third kappa shape index (κ3) is 5.81. The summed E-state index contributed by atoms with van der Waals surface area (Å²) >= 11 is 0. The molecule has 13 heavy (non-hydrogen) atoms. The first-order valence-electron chi connectivity index (χ1n) is 5.36. The van der Waals surface area contributed by atoms with Crippen molar-refractivity contribution in [2.75, 3.05) is 19.6 Å². The first-order valence-corrected chi connectivity index (χ1v) is 5.36. The molecule has 0 heterocycles. The van der Waals surface area contributed by atoms with Crippen LogP contribution in [0.1, 0.15) is 40.5 Å². The number of hydrogen-bond acceptors (Lipinski definition) is 2. The Labute approximate surface area is 82.3 Å². The van der Waals surface area contributed by atoms with Crippen LogP contribution < -0.4 is 0 Å². The highest BCUT2D eigenvalue weighted by Crippen LogP contribution is 2.02. The van der Waals surface area contributed by atoms with Gasteiger partial charge in [-0.2, -0.15) is 0 Å². The summed E-state index contributed by atoms with van der Waals surface area (Å²) in [6, 6.07) is 0. The van der Waals surface area contributed by atoms with Crippen LogP contribution in [0.25, 0.3) is 0 Å². The molecule has 0 aliphatic rings. The van der Waals surface area contributed by atoms with Crippen LogP contribution in [-0.2, 0) is 4.79 Å². The summed E-state index contributed by atoms with van der Waals surface area (Å²) in [6.45, 7) is 11.5. The van der Waals surface area contributed by atoms with Gasteiger partial charge in [-0.25, -0.2) is 0 Å². The molecule has 0 bridgehead atoms. The molecule has 0 aliphatic heterocycles. The summed E-state index contributed by atoms with van der Waals surface area (Å²) in [6.07, 6.45) is 1.76. The van der Waals surface area contributed by atoms with Gasteiger partial charge in [-0.1, -0.05) is 27.7 Å². The maximum absolute atomic E-state index is 11.3. The van der Waals surface area contributed by atoms with Crippen molar-refractivity contribution in [3.8, 4) is 0 Å². The SMILES string of the molecule is CCN(CC)CCCC(=O)C(C)C. The lowest BCUT2D eigenvalue weighted by Gasteiger charge is -2.17. The minimum Gasteiger partial charge on any atom is -0.304 e. The number of carbonyl (C=O) groups is 1. The van der Waals surface area contributed by atoms with Crippen molar-refractivity contribution in [2.45, 2.75) is 40.5 Å². The van der Waals surface area contributed by atoms with E-state index in [0.717, 1.165) is 32.5 Å². The van der Waals surface area contributed by atoms with Gasteiger partial charge in [-0.05, 0) is 26.1 Å². The van der Waals surface area contributed by atoms with Crippen molar-refractivity contribution in [3.05, 3.63) is 0 Å². The second-order valence-electron chi connectivity index (χ2n) is 3.75. The molecule has 0 saturated carbocycles. The van der Waals surface area contributed by atoms with Crippen LogP contribution in [0, 0.1) is 5.92 Å². The maximum atomic E-state index is 11.3. The third-order valence-corrected chi connectivity index (χ3v) is 2.44. The van der Waals surface area contributed by atoms with Gasteiger partial charge in [0.1, 0.15) is 5.78 Å². The Kier molecular flexibility index (Phi) is 6.87. The van der Waals surface area contributed by atoms with Crippen molar-refractivity contribution < 1.29 is 4.79 Å². The molecule has 0 atom stereocenters. The fraction of sp³-hybridized carbons (Fsp3) is 0.909. The van der Waals surface area contributed by atoms with Gasteiger partial charge in [-0.3, -0.25) is 4.79 Å². The quantitative estimate of drug-likeness (QED) is 0.606. The number of rotatable bonds is 7. The van der Waals surface area contributed by atoms with Crippen LogP contribution in [0.3, 0.4) is 0 Å². The summed E-state index contributed by atoms with van der Waals surface area (Å²) < 4.78 is 0. The maximum Gasteiger partial charge on any atom is 0.135 e. The highest BCUT2D eigenvalue weighted by atomic mass is 16.1. The van der Waals surface area contributed by atoms with E-state index in [1.807, 2.05) is 13.8 Å². The predicted octanol–water partition coefficient (Wildman–Crippen LogP) is 2.33. The van der Waals surface area contributed by atoms with Crippen LogP contribution >= 0.6 is 0 Å². The Hall–Kier alpha value is -0.370. The van der Waals surface area contributed by atoms with Gasteiger partial charge in [0.05, 0.1) is 0 Å². The van der Waals surface area contributed by atoms with Gasteiger partial charge in [0.2, 0.25) is 0 Å². The summed E-state index contributed by atoms with van der Waals surface area (Å²) in [4.78, 5) is 13.6. The Morgan fingerprint density at radius 1 is 1.23 bits per heavy atom. The molecule has 0 aliphatic carbocycles. The van der Waals surface area contributed by atoms with Crippen molar-refractivity contribution in [1.29, 1.82) is 0 Å². The van der Waals surface area contributed by atoms with E-state index < -0.39 is 0 Å². The second-order valence-corrected chi connectivity index (χ2v) is 3.75. The topological polar surface area (TPSA) is 20.3 Å². The van der Waals surface area contributed by atoms with E-state index >= 15 is 0 Å². The van der Waals surface area contributed by atoms with Gasteiger partial charge < -0.3 is 4.90 Å². The molecular formula is C11H23NO. The van der Waals surface area contributed by atoms with Crippen LogP contribution in [0.15, 0.2) is 0 Å². The van der Waals surface area contributed by atoms with E-state index in [1.54, 1.807) is 0 Å². The predicted molar refractivity (Wildman–Crippen MR) is 56.9 cm³/mol. The van der Waals surface area contributed by atoms with Crippen LogP contribution in [0.2, 0.25) is 0 Å². The van der Waals surface area contributed by atoms with Crippen molar-refractivity contribution in [3.63, 3.8) is 0 Å². The highest BCUT2D eigenvalue weighted by Gasteiger charge is 2.07. The molecule has 2 nitrogen and oxygen atoms in total. The lowest BCUT2D eigenvalue weighted by atomic mass is 10.0. The Morgan fingerprint density at radius 2 is 1.77 bits per heavy atom. The highest BCUT2D eigenvalue weighted by molar-refractivity contribution is 5.80. The molecule has 0 rings (SSSR count). The van der Waals surface area contributed by atoms with Crippen LogP contribution in [-0.4, -0.2) is 30.3 Å². The normalized spacial score (nSPS) is 11.2. The summed E-state index contributed by atoms with van der Waals surface area (Å²) in [5.41, 5.74) is 0. The summed E-state index contributed by atoms with van der Waals surface area (Å²) in [5.74, 6) is 0.601. The van der Waals surface area contributed by atoms with E-state index in [2.05, 4.69) is 18.7 Å². The molecule has 0 unspecified atom stereocenters. The Morgan fingerprint density at radius 3 is 2.15 bits per heavy atom. The standard InChI is InChI=1S/C11H23NO/c1-5-12(6-2)9-7-8-11(13)10(3)4/h10H,5-9H2,1-4H3. The molecule has 0 radical (unpaired) electrons. The molecule has 0 aromatic heterocycles. The molecule has 0 spiro atoms. The number of ketones is 1. The minimum atomic E-state index is 0.205. The molecule has 78 valence electrons. The monoisotopic (exact) mass is 185 g/mol. The van der Waals surface area contributed by atoms with Crippen LogP contribution in [0.5, 0.6) is 0 Å². The zero-order chi connectivity index (χ0) is 10.3. The van der Waals surface area contributed by atoms with E-state index in [4.69, 9.17) is 0 Å². The molecule has 0 N–H and O–H groups in total. The van der Waals surface area contributed by atoms with E-state index in [0.29, 0.717) is 5.78 Å². The fourth-order valence-electron chi connectivity index (χ4n) is 1.31. The number of hydrogen-bond donors (Lipinski definition) is 0. The first kappa shape index (κ1) is 12.6. The van der Waals surface area contributed by atoms with Crippen LogP contribution in [0.4, 0.5) is 0 Å². The lowest BCUT2D eigenvalue weighted by Crippen LogP contribution is -2.24. The molecular weight excluding hydrogens is 162 g/mol. The molecule has 0 amide bonds. The molecule has 0 aromatic rings. The van der Waals surface area contributed by atoms with Gasteiger partial charge in [0.25, 0.3) is 0 Å². The fourth-order valence-corrected chi connectivity index (χ4v) is 1.31. The number of nitrogens with zero attached hydrogens (tertiary/aromatic N) is 1. The summed E-state index contributed by atoms with van der Waals surface area (Å²) in [7, 11) is 0. The largest absolute Gasteiger partial charge is 0.304 e. The van der Waals surface area contributed by atoms with Crippen molar-refractivity contribution in [2.24, 2.45) is 5.92 Å².